The van der Waals surface area contributed by atoms with Crippen LogP contribution in [0, 0.1) is 3.57 Å². The molecule has 0 aliphatic heterocycles. The van der Waals surface area contributed by atoms with E-state index in [1.54, 1.807) is 24.3 Å². The molecule has 2 aromatic carbocycles. The first kappa shape index (κ1) is 19.0. The first-order chi connectivity index (χ1) is 11.4. The van der Waals surface area contributed by atoms with Crippen molar-refractivity contribution in [2.24, 2.45) is 0 Å². The lowest BCUT2D eigenvalue weighted by Gasteiger charge is -2.14. The summed E-state index contributed by atoms with van der Waals surface area (Å²) in [5.41, 5.74) is 0.710. The van der Waals surface area contributed by atoms with Crippen molar-refractivity contribution in [1.29, 1.82) is 0 Å². The van der Waals surface area contributed by atoms with Gasteiger partial charge in [-0.1, -0.05) is 23.2 Å². The van der Waals surface area contributed by atoms with Crippen LogP contribution in [0.2, 0.25) is 10.0 Å². The number of nitrogens with one attached hydrogen (secondary N) is 1. The van der Waals surface area contributed by atoms with Crippen LogP contribution in [0.15, 0.2) is 24.3 Å². The largest absolute Gasteiger partial charge is 0.496 e. The van der Waals surface area contributed by atoms with Crippen molar-refractivity contribution in [3.8, 4) is 17.2 Å². The highest BCUT2D eigenvalue weighted by Crippen LogP contribution is 2.36. The maximum absolute atomic E-state index is 12.6. The fraction of sp³-hybridized carbons (Fsp3) is 0.188. The average Bonchev–Trinajstić information content (AvgIpc) is 2.57. The maximum atomic E-state index is 12.6. The van der Waals surface area contributed by atoms with Gasteiger partial charge >= 0.3 is 0 Å². The molecule has 2 aromatic rings. The zero-order chi connectivity index (χ0) is 17.9. The van der Waals surface area contributed by atoms with Gasteiger partial charge in [0.25, 0.3) is 5.91 Å². The van der Waals surface area contributed by atoms with E-state index in [9.17, 15) is 4.79 Å². The predicted molar refractivity (Wildman–Crippen MR) is 103 cm³/mol. The number of benzene rings is 2. The first-order valence-electron chi connectivity index (χ1n) is 6.67. The van der Waals surface area contributed by atoms with E-state index in [4.69, 9.17) is 37.4 Å². The molecule has 24 heavy (non-hydrogen) atoms. The molecule has 0 saturated carbocycles. The molecule has 2 rings (SSSR count). The Hall–Kier alpha value is -1.38. The number of amides is 1. The topological polar surface area (TPSA) is 56.8 Å². The van der Waals surface area contributed by atoms with Crippen molar-refractivity contribution < 1.29 is 19.0 Å². The number of halogens is 3. The van der Waals surface area contributed by atoms with Gasteiger partial charge in [-0.15, -0.1) is 0 Å². The SMILES string of the molecule is COc1cc(OC)c(NC(=O)c2cc(Cl)c(I)cc2OC)cc1Cl. The third-order valence-electron chi connectivity index (χ3n) is 3.21. The molecule has 0 bridgehead atoms. The second-order valence-corrected chi connectivity index (χ2v) is 6.58. The summed E-state index contributed by atoms with van der Waals surface area (Å²) in [5, 5.41) is 3.55. The van der Waals surface area contributed by atoms with E-state index in [0.29, 0.717) is 38.5 Å². The first-order valence-corrected chi connectivity index (χ1v) is 8.50. The lowest BCUT2D eigenvalue weighted by Crippen LogP contribution is -2.14. The van der Waals surface area contributed by atoms with Gasteiger partial charge in [0.1, 0.15) is 17.2 Å². The lowest BCUT2D eigenvalue weighted by atomic mass is 10.1. The monoisotopic (exact) mass is 481 g/mol. The Morgan fingerprint density at radius 3 is 2.12 bits per heavy atom. The molecular formula is C16H14Cl2INO4. The molecule has 1 amide bonds. The highest BCUT2D eigenvalue weighted by atomic mass is 127. The Balaban J connectivity index is 2.40. The van der Waals surface area contributed by atoms with Crippen LogP contribution in [-0.2, 0) is 0 Å². The van der Waals surface area contributed by atoms with Crippen molar-refractivity contribution in [3.63, 3.8) is 0 Å². The minimum absolute atomic E-state index is 0.303. The fourth-order valence-corrected chi connectivity index (χ4v) is 2.87. The molecule has 128 valence electrons. The number of methoxy groups -OCH3 is 3. The van der Waals surface area contributed by atoms with Gasteiger partial charge in [0.2, 0.25) is 0 Å². The zero-order valence-electron chi connectivity index (χ0n) is 13.1. The summed E-state index contributed by atoms with van der Waals surface area (Å²) in [6, 6.07) is 6.39. The number of carbonyl (C=O) groups excluding carboxylic acids is 1. The third-order valence-corrected chi connectivity index (χ3v) is 5.03. The van der Waals surface area contributed by atoms with Crippen molar-refractivity contribution in [1.82, 2.24) is 0 Å². The van der Waals surface area contributed by atoms with Crippen molar-refractivity contribution >= 4 is 57.4 Å². The molecule has 5 nitrogen and oxygen atoms in total. The summed E-state index contributed by atoms with van der Waals surface area (Å²) >= 11 is 14.3. The summed E-state index contributed by atoms with van der Waals surface area (Å²) in [7, 11) is 4.47. The second kappa shape index (κ2) is 8.13. The van der Waals surface area contributed by atoms with Gasteiger partial charge in [0, 0.05) is 9.64 Å². The molecule has 0 aliphatic carbocycles. The minimum atomic E-state index is -0.398. The molecule has 0 radical (unpaired) electrons. The normalized spacial score (nSPS) is 10.2. The van der Waals surface area contributed by atoms with Crippen LogP contribution in [0.1, 0.15) is 10.4 Å². The van der Waals surface area contributed by atoms with Crippen LogP contribution in [0.3, 0.4) is 0 Å². The Kier molecular flexibility index (Phi) is 6.42. The summed E-state index contributed by atoms with van der Waals surface area (Å²) in [6.45, 7) is 0. The standard InChI is InChI=1S/C16H14Cl2INO4/c1-22-13-6-11(19)9(17)4-8(13)16(21)20-12-5-10(18)14(23-2)7-15(12)24-3/h4-7H,1-3H3,(H,20,21). The van der Waals surface area contributed by atoms with E-state index in [2.05, 4.69) is 27.9 Å². The minimum Gasteiger partial charge on any atom is -0.496 e. The van der Waals surface area contributed by atoms with E-state index in [0.717, 1.165) is 3.57 Å². The molecular weight excluding hydrogens is 468 g/mol. The number of rotatable bonds is 5. The van der Waals surface area contributed by atoms with E-state index in [-0.39, 0.29) is 0 Å². The quantitative estimate of drug-likeness (QED) is 0.618. The Bertz CT molecular complexity index is 783. The van der Waals surface area contributed by atoms with Crippen LogP contribution in [0.5, 0.6) is 17.2 Å². The number of ether oxygens (including phenoxy) is 3. The van der Waals surface area contributed by atoms with Gasteiger partial charge in [-0.3, -0.25) is 4.79 Å². The molecule has 0 heterocycles. The maximum Gasteiger partial charge on any atom is 0.259 e. The van der Waals surface area contributed by atoms with Crippen LogP contribution in [0.4, 0.5) is 5.69 Å². The summed E-state index contributed by atoms with van der Waals surface area (Å²) < 4.78 is 16.4. The highest BCUT2D eigenvalue weighted by Gasteiger charge is 2.18. The van der Waals surface area contributed by atoms with Crippen molar-refractivity contribution in [2.45, 2.75) is 0 Å². The van der Waals surface area contributed by atoms with Crippen molar-refractivity contribution in [3.05, 3.63) is 43.4 Å². The lowest BCUT2D eigenvalue weighted by molar-refractivity contribution is 0.102. The molecule has 0 unspecified atom stereocenters. The summed E-state index contributed by atoms with van der Waals surface area (Å²) in [4.78, 5) is 12.6. The van der Waals surface area contributed by atoms with Crippen LogP contribution in [0.25, 0.3) is 0 Å². The van der Waals surface area contributed by atoms with E-state index >= 15 is 0 Å². The third kappa shape index (κ3) is 3.99. The van der Waals surface area contributed by atoms with Gasteiger partial charge in [0.15, 0.2) is 0 Å². The summed E-state index contributed by atoms with van der Waals surface area (Å²) in [6.07, 6.45) is 0. The van der Waals surface area contributed by atoms with Crippen LogP contribution in [-0.4, -0.2) is 27.2 Å². The molecule has 8 heteroatoms. The molecule has 1 N–H and O–H groups in total. The Labute approximate surface area is 163 Å². The Morgan fingerprint density at radius 2 is 1.54 bits per heavy atom. The molecule has 0 aliphatic rings. The average molecular weight is 482 g/mol. The Morgan fingerprint density at radius 1 is 0.917 bits per heavy atom. The number of hydrogen-bond acceptors (Lipinski definition) is 4. The van der Waals surface area contributed by atoms with E-state index in [1.165, 1.54) is 21.3 Å². The van der Waals surface area contributed by atoms with Crippen LogP contribution >= 0.6 is 45.8 Å². The van der Waals surface area contributed by atoms with Gasteiger partial charge in [-0.25, -0.2) is 0 Å². The zero-order valence-corrected chi connectivity index (χ0v) is 16.7. The van der Waals surface area contributed by atoms with Gasteiger partial charge in [-0.2, -0.15) is 0 Å². The van der Waals surface area contributed by atoms with Crippen molar-refractivity contribution in [2.75, 3.05) is 26.6 Å². The van der Waals surface area contributed by atoms with Gasteiger partial charge in [-0.05, 0) is 40.8 Å². The van der Waals surface area contributed by atoms with Gasteiger partial charge < -0.3 is 19.5 Å². The fourth-order valence-electron chi connectivity index (χ4n) is 2.02. The van der Waals surface area contributed by atoms with E-state index < -0.39 is 5.91 Å². The molecule has 0 atom stereocenters. The molecule has 0 fully saturated rings. The molecule has 0 spiro atoms. The number of carbonyl (C=O) groups is 1. The molecule has 0 aromatic heterocycles. The number of anilines is 1. The van der Waals surface area contributed by atoms with Gasteiger partial charge in [0.05, 0.1) is 42.6 Å². The smallest absolute Gasteiger partial charge is 0.259 e. The highest BCUT2D eigenvalue weighted by molar-refractivity contribution is 14.1. The second-order valence-electron chi connectivity index (χ2n) is 4.61. The molecule has 0 saturated heterocycles. The predicted octanol–water partition coefficient (Wildman–Crippen LogP) is 4.88. The summed E-state index contributed by atoms with van der Waals surface area (Å²) in [5.74, 6) is 0.881. The van der Waals surface area contributed by atoms with E-state index in [1.807, 2.05) is 0 Å². The number of hydrogen-bond donors (Lipinski definition) is 1. The van der Waals surface area contributed by atoms with Crippen LogP contribution < -0.4 is 19.5 Å².